The molecule has 0 amide bonds. The number of hydrogen-bond acceptors (Lipinski definition) is 6. The Morgan fingerprint density at radius 3 is 2.57 bits per heavy atom. The third-order valence-electron chi connectivity index (χ3n) is 3.22. The van der Waals surface area contributed by atoms with E-state index in [-0.39, 0.29) is 5.69 Å². The van der Waals surface area contributed by atoms with Gasteiger partial charge in [0.2, 0.25) is 0 Å². The second kappa shape index (κ2) is 5.96. The normalized spacial score (nSPS) is 10.6. The smallest absolute Gasteiger partial charge is 0.257 e. The average molecular weight is 315 g/mol. The molecule has 0 aliphatic rings. The highest BCUT2D eigenvalue weighted by atomic mass is 19.1. The van der Waals surface area contributed by atoms with E-state index in [1.807, 2.05) is 0 Å². The molecule has 0 saturated carbocycles. The molecule has 118 valence electrons. The quantitative estimate of drug-likeness (QED) is 0.745. The van der Waals surface area contributed by atoms with Crippen LogP contribution in [0.25, 0.3) is 11.0 Å². The van der Waals surface area contributed by atoms with Crippen molar-refractivity contribution in [2.75, 3.05) is 20.0 Å². The van der Waals surface area contributed by atoms with Crippen LogP contribution < -0.4 is 19.9 Å². The lowest BCUT2D eigenvalue weighted by Crippen LogP contribution is -1.97. The van der Waals surface area contributed by atoms with Crippen LogP contribution in [0.1, 0.15) is 0 Å². The van der Waals surface area contributed by atoms with Gasteiger partial charge in [-0.2, -0.15) is 0 Å². The van der Waals surface area contributed by atoms with Crippen molar-refractivity contribution in [1.82, 2.24) is 9.97 Å². The van der Waals surface area contributed by atoms with Crippen LogP contribution in [0.2, 0.25) is 0 Å². The molecule has 0 atom stereocenters. The van der Waals surface area contributed by atoms with Crippen molar-refractivity contribution in [3.8, 4) is 23.1 Å². The van der Waals surface area contributed by atoms with Gasteiger partial charge in [-0.25, -0.2) is 9.37 Å². The van der Waals surface area contributed by atoms with Gasteiger partial charge in [-0.05, 0) is 12.1 Å². The van der Waals surface area contributed by atoms with Crippen LogP contribution in [-0.4, -0.2) is 24.2 Å². The first-order chi connectivity index (χ1) is 11.1. The minimum Gasteiger partial charge on any atom is -0.491 e. The topological polar surface area (TPSA) is 79.5 Å². The summed E-state index contributed by atoms with van der Waals surface area (Å²) in [6, 6.07) is 7.55. The minimum absolute atomic E-state index is 0.0569. The first-order valence-electron chi connectivity index (χ1n) is 6.73. The Hall–Kier alpha value is -3.09. The average Bonchev–Trinajstić information content (AvgIpc) is 2.57. The van der Waals surface area contributed by atoms with E-state index in [1.54, 1.807) is 24.4 Å². The molecule has 2 N–H and O–H groups in total. The zero-order valence-corrected chi connectivity index (χ0v) is 12.5. The van der Waals surface area contributed by atoms with Crippen LogP contribution in [0, 0.1) is 5.82 Å². The highest BCUT2D eigenvalue weighted by Gasteiger charge is 2.13. The lowest BCUT2D eigenvalue weighted by molar-refractivity contribution is 0.344. The Bertz CT molecular complexity index is 871. The fourth-order valence-corrected chi connectivity index (χ4v) is 2.09. The molecule has 0 unspecified atom stereocenters. The van der Waals surface area contributed by atoms with Crippen molar-refractivity contribution in [2.24, 2.45) is 0 Å². The number of hydrogen-bond donors (Lipinski definition) is 1. The Kier molecular flexibility index (Phi) is 3.84. The van der Waals surface area contributed by atoms with Crippen LogP contribution in [0.3, 0.4) is 0 Å². The van der Waals surface area contributed by atoms with Crippen LogP contribution in [0.15, 0.2) is 36.5 Å². The lowest BCUT2D eigenvalue weighted by atomic mass is 10.2. The van der Waals surface area contributed by atoms with Crippen molar-refractivity contribution in [1.29, 1.82) is 0 Å². The maximum Gasteiger partial charge on any atom is 0.257 e. The van der Waals surface area contributed by atoms with E-state index >= 15 is 0 Å². The molecule has 3 aromatic rings. The van der Waals surface area contributed by atoms with Gasteiger partial charge in [0.25, 0.3) is 5.88 Å². The van der Waals surface area contributed by atoms with Gasteiger partial charge in [0.1, 0.15) is 17.1 Å². The Morgan fingerprint density at radius 2 is 1.87 bits per heavy atom. The highest BCUT2D eigenvalue weighted by Crippen LogP contribution is 2.34. The predicted molar refractivity (Wildman–Crippen MR) is 83.5 cm³/mol. The zero-order valence-electron chi connectivity index (χ0n) is 12.5. The molecule has 6 nitrogen and oxygen atoms in total. The second-order valence-electron chi connectivity index (χ2n) is 4.66. The summed E-state index contributed by atoms with van der Waals surface area (Å²) in [6.07, 6.45) is 1.57. The molecule has 2 heterocycles. The van der Waals surface area contributed by atoms with Gasteiger partial charge >= 0.3 is 0 Å². The highest BCUT2D eigenvalue weighted by molar-refractivity contribution is 5.83. The van der Waals surface area contributed by atoms with Crippen LogP contribution >= 0.6 is 0 Å². The molecule has 23 heavy (non-hydrogen) atoms. The summed E-state index contributed by atoms with van der Waals surface area (Å²) in [7, 11) is 3.01. The summed E-state index contributed by atoms with van der Waals surface area (Å²) in [4.78, 5) is 8.57. The predicted octanol–water partition coefficient (Wildman–Crippen LogP) is 3.16. The van der Waals surface area contributed by atoms with Crippen molar-refractivity contribution in [2.45, 2.75) is 0 Å². The van der Waals surface area contributed by atoms with Crippen LogP contribution in [0.4, 0.5) is 10.1 Å². The van der Waals surface area contributed by atoms with E-state index < -0.39 is 5.82 Å². The maximum absolute atomic E-state index is 13.5. The Labute approximate surface area is 131 Å². The molecule has 1 aromatic carbocycles. The fourth-order valence-electron chi connectivity index (χ4n) is 2.09. The first-order valence-corrected chi connectivity index (χ1v) is 6.73. The van der Waals surface area contributed by atoms with Gasteiger partial charge in [0.15, 0.2) is 11.5 Å². The van der Waals surface area contributed by atoms with E-state index in [0.717, 1.165) is 0 Å². The largest absolute Gasteiger partial charge is 0.491 e. The number of pyridine rings is 2. The van der Waals surface area contributed by atoms with Crippen molar-refractivity contribution in [3.63, 3.8) is 0 Å². The molecule has 0 fully saturated rings. The molecule has 0 aliphatic heterocycles. The number of rotatable bonds is 4. The maximum atomic E-state index is 13.5. The van der Waals surface area contributed by atoms with E-state index in [2.05, 4.69) is 9.97 Å². The second-order valence-corrected chi connectivity index (χ2v) is 4.66. The number of methoxy groups -OCH3 is 2. The number of nitrogens with zero attached hydrogens (tertiary/aromatic N) is 2. The molecule has 0 radical (unpaired) electrons. The number of nitrogen functional groups attached to an aromatic ring is 1. The first kappa shape index (κ1) is 14.8. The van der Waals surface area contributed by atoms with Crippen molar-refractivity contribution < 1.29 is 18.6 Å². The van der Waals surface area contributed by atoms with E-state index in [4.69, 9.17) is 19.9 Å². The number of fused-ring (bicyclic) bond motifs is 1. The standard InChI is InChI=1S/C16H14FN3O3/c1-21-14-8-12-15(20-16(14)22-2)13(5-6-19-12)23-9-3-4-11(18)10(17)7-9/h3-8H,18H2,1-2H3. The number of ether oxygens (including phenoxy) is 3. The van der Waals surface area contributed by atoms with Crippen LogP contribution in [-0.2, 0) is 0 Å². The van der Waals surface area contributed by atoms with Gasteiger partial charge in [-0.15, -0.1) is 0 Å². The van der Waals surface area contributed by atoms with Gasteiger partial charge in [0.05, 0.1) is 25.4 Å². The number of aromatic nitrogens is 2. The summed E-state index contributed by atoms with van der Waals surface area (Å²) in [5.41, 5.74) is 6.56. The summed E-state index contributed by atoms with van der Waals surface area (Å²) in [5.74, 6) is 0.943. The zero-order chi connectivity index (χ0) is 16.4. The van der Waals surface area contributed by atoms with Gasteiger partial charge in [0, 0.05) is 24.4 Å². The third kappa shape index (κ3) is 2.80. The van der Waals surface area contributed by atoms with Crippen molar-refractivity contribution in [3.05, 3.63) is 42.3 Å². The summed E-state index contributed by atoms with van der Waals surface area (Å²) >= 11 is 0. The molecule has 3 rings (SSSR count). The van der Waals surface area contributed by atoms with Crippen molar-refractivity contribution >= 4 is 16.7 Å². The molecular formula is C16H14FN3O3. The van der Waals surface area contributed by atoms with Gasteiger partial charge < -0.3 is 19.9 Å². The molecule has 0 saturated heterocycles. The van der Waals surface area contributed by atoms with Gasteiger partial charge in [-0.1, -0.05) is 0 Å². The summed E-state index contributed by atoms with van der Waals surface area (Å²) in [6.45, 7) is 0. The molecule has 2 aromatic heterocycles. The lowest BCUT2D eigenvalue weighted by Gasteiger charge is -2.11. The molecule has 0 bridgehead atoms. The molecule has 0 spiro atoms. The molecular weight excluding hydrogens is 301 g/mol. The molecule has 0 aliphatic carbocycles. The number of anilines is 1. The van der Waals surface area contributed by atoms with E-state index in [0.29, 0.717) is 34.2 Å². The fraction of sp³-hybridized carbons (Fsp3) is 0.125. The minimum atomic E-state index is -0.548. The number of halogens is 1. The number of nitrogens with two attached hydrogens (primary N) is 1. The Balaban J connectivity index is 2.08. The third-order valence-corrected chi connectivity index (χ3v) is 3.22. The summed E-state index contributed by atoms with van der Waals surface area (Å²) < 4.78 is 29.6. The monoisotopic (exact) mass is 315 g/mol. The van der Waals surface area contributed by atoms with Gasteiger partial charge in [-0.3, -0.25) is 4.98 Å². The molecule has 7 heteroatoms. The SMILES string of the molecule is COc1cc2nccc(Oc3ccc(N)c(F)c3)c2nc1OC. The van der Waals surface area contributed by atoms with Crippen LogP contribution in [0.5, 0.6) is 23.1 Å². The summed E-state index contributed by atoms with van der Waals surface area (Å²) in [5, 5.41) is 0. The Morgan fingerprint density at radius 1 is 1.04 bits per heavy atom. The number of benzene rings is 1. The van der Waals surface area contributed by atoms with E-state index in [9.17, 15) is 4.39 Å². The van der Waals surface area contributed by atoms with E-state index in [1.165, 1.54) is 26.4 Å².